The second-order valence-corrected chi connectivity index (χ2v) is 6.32. The fraction of sp³-hybridized carbons (Fsp3) is 0.875. The summed E-state index contributed by atoms with van der Waals surface area (Å²) in [6, 6.07) is 2.11. The molecule has 0 spiro atoms. The number of nitrogens with zero attached hydrogens (tertiary/aromatic N) is 1. The van der Waals surface area contributed by atoms with Crippen LogP contribution in [0.1, 0.15) is 72.1 Å². The number of rotatable bonds is 8. The van der Waals surface area contributed by atoms with Gasteiger partial charge in [-0.15, -0.1) is 0 Å². The maximum atomic E-state index is 12.4. The van der Waals surface area contributed by atoms with Gasteiger partial charge in [-0.1, -0.05) is 33.6 Å². The van der Waals surface area contributed by atoms with Crippen LogP contribution in [0.25, 0.3) is 0 Å². The minimum Gasteiger partial charge on any atom is -0.465 e. The van der Waals surface area contributed by atoms with Crippen molar-refractivity contribution in [2.75, 3.05) is 6.61 Å². The molecule has 0 heterocycles. The van der Waals surface area contributed by atoms with Gasteiger partial charge in [0.25, 0.3) is 0 Å². The molecule has 19 heavy (non-hydrogen) atoms. The van der Waals surface area contributed by atoms with Gasteiger partial charge >= 0.3 is 5.97 Å². The Morgan fingerprint density at radius 3 is 2.53 bits per heavy atom. The molecule has 0 N–H and O–H groups in total. The molecule has 108 valence electrons. The Bertz CT molecular complexity index is 337. The minimum atomic E-state index is -0.252. The number of hydrogen-bond donors (Lipinski definition) is 0. The second-order valence-electron chi connectivity index (χ2n) is 6.32. The summed E-state index contributed by atoms with van der Waals surface area (Å²) in [4.78, 5) is 12.4. The van der Waals surface area contributed by atoms with Crippen molar-refractivity contribution in [3.8, 4) is 6.07 Å². The lowest BCUT2D eigenvalue weighted by Gasteiger charge is -2.50. The standard InChI is InChI=1S/C16H27NO2/c1-4-9-15(2,3)16(10-8-11-16)14(18)19-13-7-5-6-12-17/h4-11,13H2,1-3H3. The Labute approximate surface area is 117 Å². The molecule has 1 rings (SSSR count). The fourth-order valence-corrected chi connectivity index (χ4v) is 3.16. The molecule has 0 aromatic carbocycles. The van der Waals surface area contributed by atoms with Crippen LogP contribution in [-0.4, -0.2) is 12.6 Å². The van der Waals surface area contributed by atoms with Crippen molar-refractivity contribution >= 4 is 5.97 Å². The van der Waals surface area contributed by atoms with Crippen molar-refractivity contribution in [1.29, 1.82) is 5.26 Å². The van der Waals surface area contributed by atoms with Gasteiger partial charge in [0.2, 0.25) is 0 Å². The molecule has 1 fully saturated rings. The quantitative estimate of drug-likeness (QED) is 0.487. The molecule has 0 aromatic heterocycles. The van der Waals surface area contributed by atoms with Crippen molar-refractivity contribution in [2.24, 2.45) is 10.8 Å². The molecular weight excluding hydrogens is 238 g/mol. The van der Waals surface area contributed by atoms with Crippen LogP contribution in [0.15, 0.2) is 0 Å². The maximum Gasteiger partial charge on any atom is 0.312 e. The monoisotopic (exact) mass is 265 g/mol. The summed E-state index contributed by atoms with van der Waals surface area (Å²) in [5.41, 5.74) is -0.220. The zero-order chi connectivity index (χ0) is 14.4. The van der Waals surface area contributed by atoms with E-state index in [-0.39, 0.29) is 16.8 Å². The summed E-state index contributed by atoms with van der Waals surface area (Å²) < 4.78 is 5.48. The molecule has 0 unspecified atom stereocenters. The number of hydrogen-bond acceptors (Lipinski definition) is 3. The highest BCUT2D eigenvalue weighted by Crippen LogP contribution is 2.56. The van der Waals surface area contributed by atoms with Crippen LogP contribution < -0.4 is 0 Å². The van der Waals surface area contributed by atoms with E-state index in [9.17, 15) is 4.79 Å². The van der Waals surface area contributed by atoms with Gasteiger partial charge in [0.05, 0.1) is 18.1 Å². The van der Waals surface area contributed by atoms with Crippen LogP contribution in [0.5, 0.6) is 0 Å². The van der Waals surface area contributed by atoms with Crippen LogP contribution >= 0.6 is 0 Å². The number of esters is 1. The van der Waals surface area contributed by atoms with Crippen molar-refractivity contribution in [3.05, 3.63) is 0 Å². The molecular formula is C16H27NO2. The zero-order valence-electron chi connectivity index (χ0n) is 12.6. The third-order valence-corrected chi connectivity index (χ3v) is 4.68. The van der Waals surface area contributed by atoms with Gasteiger partial charge < -0.3 is 4.74 Å². The van der Waals surface area contributed by atoms with E-state index in [2.05, 4.69) is 26.8 Å². The van der Waals surface area contributed by atoms with Crippen molar-refractivity contribution in [1.82, 2.24) is 0 Å². The van der Waals surface area contributed by atoms with Crippen LogP contribution in [0.4, 0.5) is 0 Å². The molecule has 3 nitrogen and oxygen atoms in total. The summed E-state index contributed by atoms with van der Waals surface area (Å²) >= 11 is 0. The number of nitriles is 1. The predicted molar refractivity (Wildman–Crippen MR) is 75.4 cm³/mol. The molecule has 0 radical (unpaired) electrons. The molecule has 1 aliphatic carbocycles. The molecule has 0 aromatic rings. The highest BCUT2D eigenvalue weighted by Gasteiger charge is 2.55. The first kappa shape index (κ1) is 16.0. The first-order valence-corrected chi connectivity index (χ1v) is 7.54. The van der Waals surface area contributed by atoms with E-state index in [0.29, 0.717) is 13.0 Å². The largest absolute Gasteiger partial charge is 0.465 e. The Balaban J connectivity index is 2.50. The first-order valence-electron chi connectivity index (χ1n) is 7.54. The summed E-state index contributed by atoms with van der Waals surface area (Å²) in [5, 5.41) is 8.46. The number of unbranched alkanes of at least 4 members (excludes halogenated alkanes) is 2. The third-order valence-electron chi connectivity index (χ3n) is 4.68. The molecule has 0 saturated heterocycles. The van der Waals surface area contributed by atoms with Crippen LogP contribution in [0.2, 0.25) is 0 Å². The van der Waals surface area contributed by atoms with E-state index in [4.69, 9.17) is 10.00 Å². The van der Waals surface area contributed by atoms with E-state index < -0.39 is 0 Å². The van der Waals surface area contributed by atoms with Crippen LogP contribution in [-0.2, 0) is 9.53 Å². The zero-order valence-corrected chi connectivity index (χ0v) is 12.6. The van der Waals surface area contributed by atoms with Gasteiger partial charge in [-0.05, 0) is 37.5 Å². The fourth-order valence-electron chi connectivity index (χ4n) is 3.16. The molecule has 1 aliphatic rings. The van der Waals surface area contributed by atoms with Crippen molar-refractivity contribution < 1.29 is 9.53 Å². The SMILES string of the molecule is CCCC(C)(C)C1(C(=O)OCCCCC#N)CCC1. The van der Waals surface area contributed by atoms with Gasteiger partial charge in [0.1, 0.15) is 0 Å². The van der Waals surface area contributed by atoms with Gasteiger partial charge in [0.15, 0.2) is 0 Å². The van der Waals surface area contributed by atoms with E-state index in [1.165, 1.54) is 0 Å². The summed E-state index contributed by atoms with van der Waals surface area (Å²) in [7, 11) is 0. The lowest BCUT2D eigenvalue weighted by atomic mass is 9.53. The topological polar surface area (TPSA) is 50.1 Å². The minimum absolute atomic E-state index is 0.00541. The Kier molecular flexibility index (Phi) is 5.85. The average molecular weight is 265 g/mol. The lowest BCUT2D eigenvalue weighted by Crippen LogP contribution is -2.50. The highest BCUT2D eigenvalue weighted by molar-refractivity contribution is 5.79. The number of carbonyl (C=O) groups excluding carboxylic acids is 1. The number of carbonyl (C=O) groups is 1. The van der Waals surface area contributed by atoms with Crippen molar-refractivity contribution in [3.63, 3.8) is 0 Å². The predicted octanol–water partition coefficient (Wildman–Crippen LogP) is 4.22. The summed E-state index contributed by atoms with van der Waals surface area (Å²) in [5.74, 6) is -0.00541. The lowest BCUT2D eigenvalue weighted by molar-refractivity contribution is -0.174. The van der Waals surface area contributed by atoms with Crippen LogP contribution in [0.3, 0.4) is 0 Å². The summed E-state index contributed by atoms with van der Waals surface area (Å²) in [6.07, 6.45) is 7.40. The van der Waals surface area contributed by atoms with Crippen molar-refractivity contribution in [2.45, 2.75) is 72.1 Å². The Hall–Kier alpha value is -1.04. The van der Waals surface area contributed by atoms with Gasteiger partial charge in [-0.25, -0.2) is 0 Å². The van der Waals surface area contributed by atoms with Gasteiger partial charge in [0, 0.05) is 6.42 Å². The molecule has 0 atom stereocenters. The molecule has 3 heteroatoms. The maximum absolute atomic E-state index is 12.4. The Morgan fingerprint density at radius 1 is 1.37 bits per heavy atom. The first-order chi connectivity index (χ1) is 9.00. The molecule has 1 saturated carbocycles. The van der Waals surface area contributed by atoms with E-state index in [0.717, 1.165) is 44.9 Å². The average Bonchev–Trinajstić information content (AvgIpc) is 2.26. The van der Waals surface area contributed by atoms with E-state index in [1.807, 2.05) is 0 Å². The summed E-state index contributed by atoms with van der Waals surface area (Å²) in [6.45, 7) is 7.03. The second kappa shape index (κ2) is 6.93. The highest BCUT2D eigenvalue weighted by atomic mass is 16.5. The molecule has 0 amide bonds. The number of ether oxygens (including phenoxy) is 1. The van der Waals surface area contributed by atoms with Gasteiger partial charge in [-0.2, -0.15) is 5.26 Å². The Morgan fingerprint density at radius 2 is 2.05 bits per heavy atom. The smallest absolute Gasteiger partial charge is 0.312 e. The van der Waals surface area contributed by atoms with Crippen LogP contribution in [0, 0.1) is 22.2 Å². The van der Waals surface area contributed by atoms with Gasteiger partial charge in [-0.3, -0.25) is 4.79 Å². The molecule has 0 aliphatic heterocycles. The van der Waals surface area contributed by atoms with E-state index >= 15 is 0 Å². The molecule has 0 bridgehead atoms. The third kappa shape index (κ3) is 3.49. The normalized spacial score (nSPS) is 17.4. The van der Waals surface area contributed by atoms with E-state index in [1.54, 1.807) is 0 Å².